The lowest BCUT2D eigenvalue weighted by molar-refractivity contribution is 0.0970. The number of carbonyl (C=O) groups excluding carboxylic acids is 1. The zero-order valence-corrected chi connectivity index (χ0v) is 19.0. The van der Waals surface area contributed by atoms with Gasteiger partial charge in [-0.25, -0.2) is 0 Å². The molecule has 1 aliphatic rings. The molecule has 1 unspecified atom stereocenters. The molecule has 166 valence electrons. The normalized spacial score (nSPS) is 15.3. The van der Waals surface area contributed by atoms with E-state index in [-0.39, 0.29) is 17.1 Å². The van der Waals surface area contributed by atoms with Crippen molar-refractivity contribution >= 4 is 33.3 Å². The molecule has 1 atom stereocenters. The maximum atomic E-state index is 13.6. The van der Waals surface area contributed by atoms with E-state index in [2.05, 4.69) is 16.8 Å². The van der Waals surface area contributed by atoms with Gasteiger partial charge < -0.3 is 9.15 Å². The van der Waals surface area contributed by atoms with Crippen LogP contribution in [-0.2, 0) is 0 Å². The number of aromatic nitrogens is 2. The van der Waals surface area contributed by atoms with Crippen molar-refractivity contribution in [3.05, 3.63) is 93.3 Å². The van der Waals surface area contributed by atoms with Gasteiger partial charge in [-0.1, -0.05) is 62.1 Å². The number of fused-ring (bicyclic) bond motifs is 2. The summed E-state index contributed by atoms with van der Waals surface area (Å²) in [5.74, 6) is 0.385. The highest BCUT2D eigenvalue weighted by Crippen LogP contribution is 2.43. The summed E-state index contributed by atoms with van der Waals surface area (Å²) in [5, 5.41) is 10.2. The highest BCUT2D eigenvalue weighted by atomic mass is 32.1. The molecule has 0 radical (unpaired) electrons. The number of anilines is 1. The fourth-order valence-corrected chi connectivity index (χ4v) is 4.79. The zero-order chi connectivity index (χ0) is 23.1. The predicted molar refractivity (Wildman–Crippen MR) is 127 cm³/mol. The molecule has 0 saturated carbocycles. The Labute approximate surface area is 194 Å². The first kappa shape index (κ1) is 21.1. The Hall–Kier alpha value is -3.78. The van der Waals surface area contributed by atoms with Gasteiger partial charge in [-0.15, -0.1) is 10.2 Å². The van der Waals surface area contributed by atoms with Crippen LogP contribution < -0.4 is 15.1 Å². The fourth-order valence-electron chi connectivity index (χ4n) is 3.92. The molecule has 0 fully saturated rings. The molecule has 7 nitrogen and oxygen atoms in total. The molecule has 0 spiro atoms. The van der Waals surface area contributed by atoms with Crippen LogP contribution in [0.1, 0.15) is 52.5 Å². The van der Waals surface area contributed by atoms with Crippen LogP contribution in [0.3, 0.4) is 0 Å². The van der Waals surface area contributed by atoms with E-state index >= 15 is 0 Å². The Morgan fingerprint density at radius 2 is 2.00 bits per heavy atom. The van der Waals surface area contributed by atoms with E-state index in [1.54, 1.807) is 30.3 Å². The third-order valence-corrected chi connectivity index (χ3v) is 6.67. The molecule has 2 aromatic carbocycles. The first-order valence-electron chi connectivity index (χ1n) is 10.6. The Morgan fingerprint density at radius 1 is 1.18 bits per heavy atom. The summed E-state index contributed by atoms with van der Waals surface area (Å²) in [5.41, 5.74) is 1.14. The number of rotatable bonds is 6. The van der Waals surface area contributed by atoms with Gasteiger partial charge in [0.15, 0.2) is 5.43 Å². The van der Waals surface area contributed by atoms with Crippen molar-refractivity contribution in [1.29, 1.82) is 0 Å². The number of hydrogen-bond donors (Lipinski definition) is 0. The molecule has 1 aliphatic heterocycles. The zero-order valence-electron chi connectivity index (χ0n) is 18.1. The number of nitrogens with zero attached hydrogens (tertiary/aromatic N) is 3. The van der Waals surface area contributed by atoms with Crippen molar-refractivity contribution in [3.63, 3.8) is 0 Å². The van der Waals surface area contributed by atoms with Crippen molar-refractivity contribution in [3.8, 4) is 5.75 Å². The lowest BCUT2D eigenvalue weighted by atomic mass is 9.98. The summed E-state index contributed by atoms with van der Waals surface area (Å²) in [6.45, 7) is 8.05. The van der Waals surface area contributed by atoms with Crippen LogP contribution in [0.5, 0.6) is 5.75 Å². The van der Waals surface area contributed by atoms with Gasteiger partial charge in [0.25, 0.3) is 5.91 Å². The first-order chi connectivity index (χ1) is 16.0. The van der Waals surface area contributed by atoms with Crippen LogP contribution in [0.25, 0.3) is 11.0 Å². The van der Waals surface area contributed by atoms with E-state index in [0.717, 1.165) is 5.01 Å². The second-order valence-electron chi connectivity index (χ2n) is 8.00. The van der Waals surface area contributed by atoms with Crippen LogP contribution in [0.2, 0.25) is 0 Å². The van der Waals surface area contributed by atoms with Crippen molar-refractivity contribution in [2.45, 2.75) is 25.8 Å². The molecule has 0 aliphatic carbocycles. The minimum Gasteiger partial charge on any atom is -0.490 e. The molecule has 0 N–H and O–H groups in total. The highest BCUT2D eigenvalue weighted by molar-refractivity contribution is 7.15. The molecular weight excluding hydrogens is 438 g/mol. The van der Waals surface area contributed by atoms with Crippen LogP contribution in [0, 0.1) is 0 Å². The maximum Gasteiger partial charge on any atom is 0.297 e. The number of hydrogen-bond acceptors (Lipinski definition) is 7. The van der Waals surface area contributed by atoms with Gasteiger partial charge in [0.1, 0.15) is 22.9 Å². The van der Waals surface area contributed by atoms with Gasteiger partial charge in [-0.3, -0.25) is 14.5 Å². The minimum atomic E-state index is -0.714. The average molecular weight is 460 g/mol. The lowest BCUT2D eigenvalue weighted by Gasteiger charge is -2.22. The average Bonchev–Trinajstić information content (AvgIpc) is 3.42. The quantitative estimate of drug-likeness (QED) is 0.374. The third kappa shape index (κ3) is 3.52. The Morgan fingerprint density at radius 3 is 2.76 bits per heavy atom. The van der Waals surface area contributed by atoms with Crippen LogP contribution in [0.4, 0.5) is 5.13 Å². The third-order valence-electron chi connectivity index (χ3n) is 5.45. The molecule has 0 bridgehead atoms. The van der Waals surface area contributed by atoms with E-state index in [0.29, 0.717) is 39.6 Å². The number of ether oxygens (including phenoxy) is 1. The summed E-state index contributed by atoms with van der Waals surface area (Å²) in [6.07, 6.45) is 1.66. The van der Waals surface area contributed by atoms with E-state index in [1.165, 1.54) is 16.2 Å². The number of para-hydroxylation sites is 1. The van der Waals surface area contributed by atoms with E-state index in [4.69, 9.17) is 9.15 Å². The van der Waals surface area contributed by atoms with Gasteiger partial charge in [-0.2, -0.15) is 0 Å². The smallest absolute Gasteiger partial charge is 0.297 e. The lowest BCUT2D eigenvalue weighted by Crippen LogP contribution is -2.29. The van der Waals surface area contributed by atoms with Crippen LogP contribution in [-0.4, -0.2) is 22.7 Å². The number of carbonyl (C=O) groups is 1. The van der Waals surface area contributed by atoms with Gasteiger partial charge in [0.05, 0.1) is 17.0 Å². The van der Waals surface area contributed by atoms with Gasteiger partial charge in [0.2, 0.25) is 10.9 Å². The fraction of sp³-hybridized carbons (Fsp3) is 0.200. The molecule has 33 heavy (non-hydrogen) atoms. The molecule has 0 saturated heterocycles. The standard InChI is InChI=1S/C25H21N3O4S/c1-4-12-31-16-9-7-8-15(13-16)20-19-21(29)17-10-5-6-11-18(17)32-22(19)24(30)28(20)25-27-26-23(33-25)14(2)3/h4-11,13-14,20H,1,12H2,2-3H3. The summed E-state index contributed by atoms with van der Waals surface area (Å²) in [7, 11) is 0. The summed E-state index contributed by atoms with van der Waals surface area (Å²) in [4.78, 5) is 28.7. The van der Waals surface area contributed by atoms with E-state index < -0.39 is 11.9 Å². The molecule has 1 amide bonds. The predicted octanol–water partition coefficient (Wildman–Crippen LogP) is 5.08. The molecule has 8 heteroatoms. The largest absolute Gasteiger partial charge is 0.490 e. The van der Waals surface area contributed by atoms with Gasteiger partial charge in [-0.05, 0) is 29.8 Å². The summed E-state index contributed by atoms with van der Waals surface area (Å²) < 4.78 is 11.7. The second kappa shape index (κ2) is 8.29. The molecular formula is C25H21N3O4S. The Balaban J connectivity index is 1.74. The van der Waals surface area contributed by atoms with Crippen molar-refractivity contribution in [2.75, 3.05) is 11.5 Å². The molecule has 2 aromatic heterocycles. The Kier molecular flexibility index (Phi) is 5.30. The minimum absolute atomic E-state index is 0.0300. The summed E-state index contributed by atoms with van der Waals surface area (Å²) >= 11 is 1.33. The van der Waals surface area contributed by atoms with Crippen molar-refractivity contribution in [2.24, 2.45) is 0 Å². The van der Waals surface area contributed by atoms with Gasteiger partial charge >= 0.3 is 0 Å². The maximum absolute atomic E-state index is 13.6. The highest BCUT2D eigenvalue weighted by Gasteiger charge is 2.45. The number of amides is 1. The summed E-state index contributed by atoms with van der Waals surface area (Å²) in [6, 6.07) is 13.6. The first-order valence-corrected chi connectivity index (χ1v) is 11.4. The monoisotopic (exact) mass is 459 g/mol. The van der Waals surface area contributed by atoms with E-state index in [9.17, 15) is 9.59 Å². The Bertz CT molecular complexity index is 1440. The van der Waals surface area contributed by atoms with Crippen LogP contribution in [0.15, 0.2) is 70.4 Å². The van der Waals surface area contributed by atoms with Crippen molar-refractivity contribution in [1.82, 2.24) is 10.2 Å². The van der Waals surface area contributed by atoms with E-state index in [1.807, 2.05) is 38.1 Å². The second-order valence-corrected chi connectivity index (χ2v) is 8.99. The SMILES string of the molecule is C=CCOc1cccc(C2c3c(oc4ccccc4c3=O)C(=O)N2c2nnc(C(C)C)s2)c1. The van der Waals surface area contributed by atoms with Crippen molar-refractivity contribution < 1.29 is 13.9 Å². The topological polar surface area (TPSA) is 85.5 Å². The molecule has 5 rings (SSSR count). The molecule has 3 heterocycles. The number of benzene rings is 2. The van der Waals surface area contributed by atoms with Gasteiger partial charge in [0, 0.05) is 5.92 Å². The van der Waals surface area contributed by atoms with Crippen LogP contribution >= 0.6 is 11.3 Å². The molecule has 4 aromatic rings.